The molecule has 1 saturated heterocycles. The smallest absolute Gasteiger partial charge is 0.260 e. The van der Waals surface area contributed by atoms with E-state index in [9.17, 15) is 9.18 Å². The highest BCUT2D eigenvalue weighted by molar-refractivity contribution is 5.77. The van der Waals surface area contributed by atoms with E-state index in [0.29, 0.717) is 32.0 Å². The molecular formula is C20H26FN5O2. The zero-order valence-corrected chi connectivity index (χ0v) is 16.2. The predicted molar refractivity (Wildman–Crippen MR) is 102 cm³/mol. The minimum Gasteiger partial charge on any atom is -0.481 e. The van der Waals surface area contributed by atoms with E-state index in [1.807, 2.05) is 0 Å². The van der Waals surface area contributed by atoms with Crippen molar-refractivity contribution < 1.29 is 13.9 Å². The molecule has 1 aromatic heterocycles. The summed E-state index contributed by atoms with van der Waals surface area (Å²) in [5, 5.41) is 8.86. The molecule has 1 fully saturated rings. The van der Waals surface area contributed by atoms with Gasteiger partial charge in [-0.25, -0.2) is 4.39 Å². The lowest BCUT2D eigenvalue weighted by Gasteiger charge is -2.28. The number of carbonyl (C=O) groups excluding carboxylic acids is 1. The number of hydrogen-bond donors (Lipinski definition) is 0. The van der Waals surface area contributed by atoms with Gasteiger partial charge in [0.15, 0.2) is 18.2 Å². The second-order valence-corrected chi connectivity index (χ2v) is 7.55. The fourth-order valence-electron chi connectivity index (χ4n) is 3.96. The van der Waals surface area contributed by atoms with Crippen molar-refractivity contribution in [3.05, 3.63) is 41.7 Å². The molecule has 1 aromatic carbocycles. The monoisotopic (exact) mass is 387 g/mol. The SMILES string of the molecule is CN1CCC(c2nnc3n2CCN(C(=O)COc2ccccc2F)CC3)CC1. The van der Waals surface area contributed by atoms with E-state index in [0.717, 1.165) is 37.6 Å². The van der Waals surface area contributed by atoms with Crippen molar-refractivity contribution in [2.75, 3.05) is 39.8 Å². The maximum atomic E-state index is 13.7. The van der Waals surface area contributed by atoms with Gasteiger partial charge in [-0.1, -0.05) is 12.1 Å². The van der Waals surface area contributed by atoms with E-state index in [1.165, 1.54) is 12.1 Å². The van der Waals surface area contributed by atoms with Gasteiger partial charge < -0.3 is 19.1 Å². The minimum absolute atomic E-state index is 0.104. The highest BCUT2D eigenvalue weighted by Crippen LogP contribution is 2.27. The van der Waals surface area contributed by atoms with Gasteiger partial charge in [0.05, 0.1) is 0 Å². The van der Waals surface area contributed by atoms with Crippen LogP contribution in [0.5, 0.6) is 5.75 Å². The third-order valence-corrected chi connectivity index (χ3v) is 5.68. The predicted octanol–water partition coefficient (Wildman–Crippen LogP) is 1.69. The number of benzene rings is 1. The lowest BCUT2D eigenvalue weighted by Crippen LogP contribution is -2.37. The normalized spacial score (nSPS) is 18.6. The number of ether oxygens (including phenoxy) is 1. The molecule has 3 heterocycles. The number of carbonyl (C=O) groups is 1. The molecule has 0 saturated carbocycles. The molecule has 2 aliphatic rings. The zero-order valence-electron chi connectivity index (χ0n) is 16.2. The third-order valence-electron chi connectivity index (χ3n) is 5.68. The minimum atomic E-state index is -0.458. The molecule has 2 aliphatic heterocycles. The van der Waals surface area contributed by atoms with E-state index in [2.05, 4.69) is 26.7 Å². The molecular weight excluding hydrogens is 361 g/mol. The second-order valence-electron chi connectivity index (χ2n) is 7.55. The number of likely N-dealkylation sites (tertiary alicyclic amines) is 1. The Morgan fingerprint density at radius 3 is 2.71 bits per heavy atom. The summed E-state index contributed by atoms with van der Waals surface area (Å²) in [4.78, 5) is 16.7. The Bertz CT molecular complexity index is 832. The summed E-state index contributed by atoms with van der Waals surface area (Å²) in [7, 11) is 2.15. The van der Waals surface area contributed by atoms with Crippen LogP contribution in [0.3, 0.4) is 0 Å². The van der Waals surface area contributed by atoms with E-state index < -0.39 is 5.82 Å². The molecule has 0 bridgehead atoms. The molecule has 4 rings (SSSR count). The highest BCUT2D eigenvalue weighted by atomic mass is 19.1. The van der Waals surface area contributed by atoms with Gasteiger partial charge in [0.2, 0.25) is 0 Å². The van der Waals surface area contributed by atoms with Crippen LogP contribution in [-0.2, 0) is 17.8 Å². The van der Waals surface area contributed by atoms with Gasteiger partial charge in [-0.15, -0.1) is 10.2 Å². The van der Waals surface area contributed by atoms with Crippen LogP contribution in [0.15, 0.2) is 24.3 Å². The molecule has 8 heteroatoms. The topological polar surface area (TPSA) is 63.5 Å². The molecule has 150 valence electrons. The fraction of sp³-hybridized carbons (Fsp3) is 0.550. The van der Waals surface area contributed by atoms with Crippen molar-refractivity contribution >= 4 is 5.91 Å². The first-order chi connectivity index (χ1) is 13.6. The molecule has 0 unspecified atom stereocenters. The van der Waals surface area contributed by atoms with Gasteiger partial charge in [-0.05, 0) is 45.1 Å². The van der Waals surface area contributed by atoms with Crippen molar-refractivity contribution in [1.29, 1.82) is 0 Å². The third kappa shape index (κ3) is 4.01. The van der Waals surface area contributed by atoms with Crippen LogP contribution in [0.4, 0.5) is 4.39 Å². The number of aromatic nitrogens is 3. The standard InChI is InChI=1S/C20H26FN5O2/c1-24-9-6-15(7-10-24)20-23-22-18-8-11-25(12-13-26(18)20)19(27)14-28-17-5-3-2-4-16(17)21/h2-5,15H,6-14H2,1H3. The van der Waals surface area contributed by atoms with Crippen LogP contribution < -0.4 is 4.74 Å². The summed E-state index contributed by atoms with van der Waals surface area (Å²) in [6.45, 7) is 3.84. The van der Waals surface area contributed by atoms with Gasteiger partial charge in [-0.3, -0.25) is 4.79 Å². The Kier molecular flexibility index (Phi) is 5.57. The zero-order chi connectivity index (χ0) is 19.5. The first-order valence-electron chi connectivity index (χ1n) is 9.87. The Labute approximate surface area is 164 Å². The quantitative estimate of drug-likeness (QED) is 0.799. The van der Waals surface area contributed by atoms with Gasteiger partial charge in [0, 0.05) is 32.0 Å². The number of piperidine rings is 1. The number of halogens is 1. The number of hydrogen-bond acceptors (Lipinski definition) is 5. The number of para-hydroxylation sites is 1. The summed E-state index contributed by atoms with van der Waals surface area (Å²) in [5.41, 5.74) is 0. The molecule has 28 heavy (non-hydrogen) atoms. The summed E-state index contributed by atoms with van der Waals surface area (Å²) in [5.74, 6) is 1.94. The summed E-state index contributed by atoms with van der Waals surface area (Å²) >= 11 is 0. The van der Waals surface area contributed by atoms with Crippen LogP contribution in [0.2, 0.25) is 0 Å². The van der Waals surface area contributed by atoms with Gasteiger partial charge in [0.1, 0.15) is 11.6 Å². The van der Waals surface area contributed by atoms with Crippen LogP contribution in [-0.4, -0.2) is 70.3 Å². The van der Waals surface area contributed by atoms with Crippen LogP contribution in [0.1, 0.15) is 30.4 Å². The van der Waals surface area contributed by atoms with E-state index in [-0.39, 0.29) is 18.3 Å². The molecule has 0 radical (unpaired) electrons. The van der Waals surface area contributed by atoms with Crippen molar-refractivity contribution in [1.82, 2.24) is 24.6 Å². The summed E-state index contributed by atoms with van der Waals surface area (Å²) < 4.78 is 21.2. The lowest BCUT2D eigenvalue weighted by atomic mass is 9.96. The molecule has 0 spiro atoms. The Morgan fingerprint density at radius 1 is 1.14 bits per heavy atom. The van der Waals surface area contributed by atoms with E-state index in [4.69, 9.17) is 4.74 Å². The number of rotatable bonds is 4. The Balaban J connectivity index is 1.37. The largest absolute Gasteiger partial charge is 0.481 e. The average Bonchev–Trinajstić information content (AvgIpc) is 2.98. The van der Waals surface area contributed by atoms with Crippen molar-refractivity contribution in [2.24, 2.45) is 0 Å². The molecule has 0 N–H and O–H groups in total. The van der Waals surface area contributed by atoms with Crippen molar-refractivity contribution in [3.8, 4) is 5.75 Å². The second kappa shape index (κ2) is 8.26. The fourth-order valence-corrected chi connectivity index (χ4v) is 3.96. The first kappa shape index (κ1) is 18.9. The van der Waals surface area contributed by atoms with Crippen molar-refractivity contribution in [3.63, 3.8) is 0 Å². The van der Waals surface area contributed by atoms with Crippen LogP contribution >= 0.6 is 0 Å². The van der Waals surface area contributed by atoms with Gasteiger partial charge in [0.25, 0.3) is 5.91 Å². The first-order valence-corrected chi connectivity index (χ1v) is 9.87. The number of amides is 1. The molecule has 0 atom stereocenters. The molecule has 0 aliphatic carbocycles. The lowest BCUT2D eigenvalue weighted by molar-refractivity contribution is -0.133. The number of nitrogens with zero attached hydrogens (tertiary/aromatic N) is 5. The Hall–Kier alpha value is -2.48. The Morgan fingerprint density at radius 2 is 1.93 bits per heavy atom. The maximum absolute atomic E-state index is 13.7. The molecule has 1 amide bonds. The van der Waals surface area contributed by atoms with E-state index >= 15 is 0 Å². The number of fused-ring (bicyclic) bond motifs is 1. The van der Waals surface area contributed by atoms with Gasteiger partial charge in [-0.2, -0.15) is 0 Å². The van der Waals surface area contributed by atoms with Crippen LogP contribution in [0, 0.1) is 5.82 Å². The maximum Gasteiger partial charge on any atom is 0.260 e. The summed E-state index contributed by atoms with van der Waals surface area (Å²) in [6, 6.07) is 6.13. The van der Waals surface area contributed by atoms with E-state index in [1.54, 1.807) is 17.0 Å². The molecule has 7 nitrogen and oxygen atoms in total. The van der Waals surface area contributed by atoms with Crippen molar-refractivity contribution in [2.45, 2.75) is 31.7 Å². The summed E-state index contributed by atoms with van der Waals surface area (Å²) in [6.07, 6.45) is 2.85. The average molecular weight is 387 g/mol. The highest BCUT2D eigenvalue weighted by Gasteiger charge is 2.27. The van der Waals surface area contributed by atoms with Gasteiger partial charge >= 0.3 is 0 Å². The van der Waals surface area contributed by atoms with Crippen LogP contribution in [0.25, 0.3) is 0 Å². The molecule has 2 aromatic rings.